The lowest BCUT2D eigenvalue weighted by atomic mass is 10.1. The monoisotopic (exact) mass is 321 g/mol. The van der Waals surface area contributed by atoms with Crippen molar-refractivity contribution in [3.05, 3.63) is 46.2 Å². The van der Waals surface area contributed by atoms with E-state index in [4.69, 9.17) is 11.6 Å². The molecule has 2 rings (SSSR count). The van der Waals surface area contributed by atoms with Gasteiger partial charge in [0.15, 0.2) is 10.9 Å². The molecule has 0 saturated carbocycles. The van der Waals surface area contributed by atoms with E-state index in [0.29, 0.717) is 5.16 Å². The first kappa shape index (κ1) is 15.8. The lowest BCUT2D eigenvalue weighted by molar-refractivity contribution is 0.102. The molecule has 0 bridgehead atoms. The summed E-state index contributed by atoms with van der Waals surface area (Å²) >= 11 is 7.48. The fourth-order valence-electron chi connectivity index (χ4n) is 1.72. The summed E-state index contributed by atoms with van der Waals surface area (Å²) in [6.07, 6.45) is 1.46. The maximum atomic E-state index is 12.3. The smallest absolute Gasteiger partial charge is 0.275 e. The number of anilines is 1. The number of benzene rings is 1. The van der Waals surface area contributed by atoms with Gasteiger partial charge in [-0.05, 0) is 42.9 Å². The van der Waals surface area contributed by atoms with Crippen LogP contribution in [0.1, 0.15) is 28.5 Å². The van der Waals surface area contributed by atoms with Gasteiger partial charge in [0.25, 0.3) is 5.91 Å². The van der Waals surface area contributed by atoms with E-state index in [1.165, 1.54) is 23.5 Å². The molecule has 0 radical (unpaired) electrons. The van der Waals surface area contributed by atoms with Crippen LogP contribution >= 0.6 is 23.4 Å². The quantitative estimate of drug-likeness (QED) is 0.680. The predicted octanol–water partition coefficient (Wildman–Crippen LogP) is 4.11. The fourth-order valence-corrected chi connectivity index (χ4v) is 2.44. The van der Waals surface area contributed by atoms with E-state index in [1.54, 1.807) is 0 Å². The van der Waals surface area contributed by atoms with Crippen molar-refractivity contribution in [1.29, 1.82) is 0 Å². The molecular formula is C15H16ClN3OS. The first-order valence-electron chi connectivity index (χ1n) is 6.55. The fraction of sp³-hybridized carbons (Fsp3) is 0.267. The first-order chi connectivity index (χ1) is 10.0. The van der Waals surface area contributed by atoms with Crippen molar-refractivity contribution in [3.63, 3.8) is 0 Å². The Balaban J connectivity index is 2.23. The zero-order valence-corrected chi connectivity index (χ0v) is 13.7. The molecule has 1 heterocycles. The summed E-state index contributed by atoms with van der Waals surface area (Å²) in [5.74, 6) is 0.503. The van der Waals surface area contributed by atoms with E-state index in [2.05, 4.69) is 15.3 Å². The minimum absolute atomic E-state index is 0.195. The number of rotatable bonds is 4. The van der Waals surface area contributed by atoms with Crippen molar-refractivity contribution >= 4 is 35.0 Å². The molecule has 0 spiro atoms. The van der Waals surface area contributed by atoms with Gasteiger partial charge in [-0.15, -0.1) is 0 Å². The van der Waals surface area contributed by atoms with Crippen LogP contribution in [0.25, 0.3) is 0 Å². The summed E-state index contributed by atoms with van der Waals surface area (Å²) in [6, 6.07) is 5.74. The SMILES string of the molecule is CCSc1ncc(Cl)c(C(=O)Nc2ccc(C)c(C)c2)n1. The van der Waals surface area contributed by atoms with Crippen molar-refractivity contribution in [2.75, 3.05) is 11.1 Å². The molecule has 110 valence electrons. The van der Waals surface area contributed by atoms with Gasteiger partial charge in [-0.25, -0.2) is 9.97 Å². The lowest BCUT2D eigenvalue weighted by Crippen LogP contribution is -2.15. The zero-order valence-electron chi connectivity index (χ0n) is 12.1. The number of hydrogen-bond donors (Lipinski definition) is 1. The Morgan fingerprint density at radius 3 is 2.76 bits per heavy atom. The third-order valence-corrected chi connectivity index (χ3v) is 4.00. The number of aromatic nitrogens is 2. The number of nitrogens with zero attached hydrogens (tertiary/aromatic N) is 2. The molecule has 1 N–H and O–H groups in total. The molecule has 21 heavy (non-hydrogen) atoms. The highest BCUT2D eigenvalue weighted by molar-refractivity contribution is 7.99. The Labute approximate surface area is 133 Å². The number of carbonyl (C=O) groups is 1. The van der Waals surface area contributed by atoms with Gasteiger partial charge in [-0.1, -0.05) is 36.4 Å². The van der Waals surface area contributed by atoms with Gasteiger partial charge in [-0.3, -0.25) is 4.79 Å². The topological polar surface area (TPSA) is 54.9 Å². The molecule has 0 fully saturated rings. The zero-order chi connectivity index (χ0) is 15.4. The first-order valence-corrected chi connectivity index (χ1v) is 7.91. The molecule has 0 atom stereocenters. The summed E-state index contributed by atoms with van der Waals surface area (Å²) in [5.41, 5.74) is 3.21. The summed E-state index contributed by atoms with van der Waals surface area (Å²) in [7, 11) is 0. The van der Waals surface area contributed by atoms with Gasteiger partial charge in [0.1, 0.15) is 0 Å². The molecule has 2 aromatic rings. The minimum Gasteiger partial charge on any atom is -0.321 e. The standard InChI is InChI=1S/C15H16ClN3OS/c1-4-21-15-17-8-12(16)13(19-15)14(20)18-11-6-5-9(2)10(3)7-11/h5-8H,4H2,1-3H3,(H,18,20). The van der Waals surface area contributed by atoms with Crippen molar-refractivity contribution in [2.45, 2.75) is 25.9 Å². The highest BCUT2D eigenvalue weighted by atomic mass is 35.5. The highest BCUT2D eigenvalue weighted by Gasteiger charge is 2.14. The maximum absolute atomic E-state index is 12.3. The Kier molecular flexibility index (Phi) is 5.20. The number of halogens is 1. The molecule has 6 heteroatoms. The second-order valence-electron chi connectivity index (χ2n) is 4.54. The molecule has 0 saturated heterocycles. The van der Waals surface area contributed by atoms with Crippen LogP contribution in [-0.2, 0) is 0 Å². The van der Waals surface area contributed by atoms with E-state index in [-0.39, 0.29) is 16.6 Å². The largest absolute Gasteiger partial charge is 0.321 e. The summed E-state index contributed by atoms with van der Waals surface area (Å²) < 4.78 is 0. The number of aryl methyl sites for hydroxylation is 2. The average Bonchev–Trinajstić information content (AvgIpc) is 2.45. The van der Waals surface area contributed by atoms with Crippen LogP contribution in [0.4, 0.5) is 5.69 Å². The Morgan fingerprint density at radius 1 is 1.33 bits per heavy atom. The van der Waals surface area contributed by atoms with E-state index in [1.807, 2.05) is 39.0 Å². The van der Waals surface area contributed by atoms with Gasteiger partial charge in [0.2, 0.25) is 0 Å². The molecule has 0 unspecified atom stereocenters. The van der Waals surface area contributed by atoms with Crippen LogP contribution in [0.15, 0.2) is 29.6 Å². The number of thioether (sulfide) groups is 1. The van der Waals surface area contributed by atoms with Crippen LogP contribution in [0, 0.1) is 13.8 Å². The Hall–Kier alpha value is -1.59. The van der Waals surface area contributed by atoms with E-state index < -0.39 is 0 Å². The Morgan fingerprint density at radius 2 is 2.10 bits per heavy atom. The highest BCUT2D eigenvalue weighted by Crippen LogP contribution is 2.20. The molecule has 0 aliphatic rings. The summed E-state index contributed by atoms with van der Waals surface area (Å²) in [5, 5.41) is 3.61. The second-order valence-corrected chi connectivity index (χ2v) is 6.17. The van der Waals surface area contributed by atoms with E-state index in [0.717, 1.165) is 17.0 Å². The van der Waals surface area contributed by atoms with Crippen molar-refractivity contribution < 1.29 is 4.79 Å². The van der Waals surface area contributed by atoms with Gasteiger partial charge < -0.3 is 5.32 Å². The number of nitrogens with one attached hydrogen (secondary N) is 1. The van der Waals surface area contributed by atoms with Gasteiger partial charge in [0, 0.05) is 5.69 Å². The maximum Gasteiger partial charge on any atom is 0.275 e. The summed E-state index contributed by atoms with van der Waals surface area (Å²) in [6.45, 7) is 6.02. The molecule has 1 aromatic heterocycles. The molecular weight excluding hydrogens is 306 g/mol. The Bertz CT molecular complexity index is 676. The van der Waals surface area contributed by atoms with Crippen molar-refractivity contribution in [3.8, 4) is 0 Å². The number of hydrogen-bond acceptors (Lipinski definition) is 4. The molecule has 0 aliphatic carbocycles. The predicted molar refractivity (Wildman–Crippen MR) is 87.3 cm³/mol. The van der Waals surface area contributed by atoms with Crippen LogP contribution in [0.3, 0.4) is 0 Å². The second kappa shape index (κ2) is 6.91. The molecule has 1 amide bonds. The molecule has 4 nitrogen and oxygen atoms in total. The van der Waals surface area contributed by atoms with Gasteiger partial charge >= 0.3 is 0 Å². The molecule has 1 aromatic carbocycles. The summed E-state index contributed by atoms with van der Waals surface area (Å²) in [4.78, 5) is 20.6. The van der Waals surface area contributed by atoms with Gasteiger partial charge in [-0.2, -0.15) is 0 Å². The van der Waals surface area contributed by atoms with E-state index >= 15 is 0 Å². The van der Waals surface area contributed by atoms with Crippen LogP contribution < -0.4 is 5.32 Å². The number of amides is 1. The normalized spacial score (nSPS) is 10.5. The van der Waals surface area contributed by atoms with E-state index in [9.17, 15) is 4.79 Å². The van der Waals surface area contributed by atoms with Crippen LogP contribution in [0.2, 0.25) is 5.02 Å². The van der Waals surface area contributed by atoms with Crippen LogP contribution in [0.5, 0.6) is 0 Å². The third kappa shape index (κ3) is 3.95. The van der Waals surface area contributed by atoms with Crippen molar-refractivity contribution in [2.24, 2.45) is 0 Å². The third-order valence-electron chi connectivity index (χ3n) is 2.98. The van der Waals surface area contributed by atoms with Gasteiger partial charge in [0.05, 0.1) is 11.2 Å². The molecule has 0 aliphatic heterocycles. The minimum atomic E-state index is -0.330. The van der Waals surface area contributed by atoms with Crippen LogP contribution in [-0.4, -0.2) is 21.6 Å². The van der Waals surface area contributed by atoms with Crippen molar-refractivity contribution in [1.82, 2.24) is 9.97 Å². The lowest BCUT2D eigenvalue weighted by Gasteiger charge is -2.09. The number of carbonyl (C=O) groups excluding carboxylic acids is 1. The average molecular weight is 322 g/mol.